The summed E-state index contributed by atoms with van der Waals surface area (Å²) in [5.74, 6) is 0.468. The lowest BCUT2D eigenvalue weighted by Gasteiger charge is -2.37. The largest absolute Gasteiger partial charge is 0.489 e. The minimum Gasteiger partial charge on any atom is -0.489 e. The quantitative estimate of drug-likeness (QED) is 0.240. The summed E-state index contributed by atoms with van der Waals surface area (Å²) < 4.78 is 11.5. The average molecular weight is 493 g/mol. The number of nitrogens with one attached hydrogen (secondary N) is 3. The predicted octanol–water partition coefficient (Wildman–Crippen LogP) is 3.23. The highest BCUT2D eigenvalue weighted by Crippen LogP contribution is 2.31. The molecule has 8 nitrogen and oxygen atoms in total. The SMILES string of the molecule is Cc1cc(COc2ccc(C(=O)NCC3(C(=S)NNC=O)CCOCC3)cc2)c2ccccc2n1. The van der Waals surface area contributed by atoms with Crippen LogP contribution in [0.25, 0.3) is 10.9 Å². The fraction of sp³-hybridized carbons (Fsp3) is 0.308. The van der Waals surface area contributed by atoms with Crippen LogP contribution in [0.15, 0.2) is 54.6 Å². The summed E-state index contributed by atoms with van der Waals surface area (Å²) in [5.41, 5.74) is 8.12. The molecule has 4 rings (SSSR count). The third kappa shape index (κ3) is 5.93. The highest BCUT2D eigenvalue weighted by Gasteiger charge is 2.37. The van der Waals surface area contributed by atoms with Gasteiger partial charge in [-0.2, -0.15) is 0 Å². The van der Waals surface area contributed by atoms with E-state index in [0.717, 1.165) is 22.2 Å². The zero-order valence-electron chi connectivity index (χ0n) is 19.5. The van der Waals surface area contributed by atoms with Crippen molar-refractivity contribution in [3.8, 4) is 5.75 Å². The lowest BCUT2D eigenvalue weighted by atomic mass is 9.80. The lowest BCUT2D eigenvalue weighted by molar-refractivity contribution is -0.110. The molecule has 9 heteroatoms. The maximum absolute atomic E-state index is 12.8. The molecule has 0 bridgehead atoms. The molecule has 2 heterocycles. The number of hydrazine groups is 1. The van der Waals surface area contributed by atoms with Gasteiger partial charge >= 0.3 is 0 Å². The highest BCUT2D eigenvalue weighted by atomic mass is 32.1. The number of benzene rings is 2. The Morgan fingerprint density at radius 1 is 1.17 bits per heavy atom. The molecule has 182 valence electrons. The van der Waals surface area contributed by atoms with Crippen LogP contribution in [0.2, 0.25) is 0 Å². The Morgan fingerprint density at radius 2 is 1.91 bits per heavy atom. The van der Waals surface area contributed by atoms with Crippen molar-refractivity contribution >= 4 is 40.4 Å². The minimum atomic E-state index is -0.478. The molecule has 2 aromatic carbocycles. The Morgan fingerprint density at radius 3 is 2.66 bits per heavy atom. The third-order valence-corrected chi connectivity index (χ3v) is 6.74. The molecule has 1 aromatic heterocycles. The number of fused-ring (bicyclic) bond motifs is 1. The minimum absolute atomic E-state index is 0.204. The summed E-state index contributed by atoms with van der Waals surface area (Å²) in [5, 5.41) is 4.05. The first kappa shape index (κ1) is 24.6. The fourth-order valence-corrected chi connectivity index (χ4v) is 4.54. The van der Waals surface area contributed by atoms with Gasteiger partial charge in [0, 0.05) is 47.4 Å². The predicted molar refractivity (Wildman–Crippen MR) is 137 cm³/mol. The standard InChI is InChI=1S/C26H28N4O4S/c1-18-14-20(22-4-2-3-5-23(22)29-18)15-34-21-8-6-19(7-9-21)24(32)27-16-26(10-12-33-13-11-26)25(35)30-28-17-31/h2-9,14,17H,10-13,15-16H2,1H3,(H,27,32)(H,28,31)(H,30,35). The van der Waals surface area contributed by atoms with E-state index in [0.29, 0.717) is 61.9 Å². The molecule has 1 fully saturated rings. The smallest absolute Gasteiger partial charge is 0.251 e. The Hall–Kier alpha value is -3.56. The Kier molecular flexibility index (Phi) is 7.89. The van der Waals surface area contributed by atoms with Crippen molar-refractivity contribution in [1.82, 2.24) is 21.2 Å². The number of carbonyl (C=O) groups is 2. The van der Waals surface area contributed by atoms with Crippen LogP contribution >= 0.6 is 12.2 Å². The van der Waals surface area contributed by atoms with E-state index in [4.69, 9.17) is 21.7 Å². The summed E-state index contributed by atoms with van der Waals surface area (Å²) in [7, 11) is 0. The number of aryl methyl sites for hydroxylation is 1. The fourth-order valence-electron chi connectivity index (χ4n) is 4.20. The van der Waals surface area contributed by atoms with Crippen molar-refractivity contribution in [3.63, 3.8) is 0 Å². The summed E-state index contributed by atoms with van der Waals surface area (Å²) in [6.45, 7) is 3.79. The van der Waals surface area contributed by atoms with Gasteiger partial charge in [0.05, 0.1) is 5.52 Å². The van der Waals surface area contributed by atoms with Crippen molar-refractivity contribution in [1.29, 1.82) is 0 Å². The first-order chi connectivity index (χ1) is 17.0. The molecule has 1 aliphatic heterocycles. The van der Waals surface area contributed by atoms with Crippen molar-refractivity contribution in [2.45, 2.75) is 26.4 Å². The average Bonchev–Trinajstić information content (AvgIpc) is 2.89. The van der Waals surface area contributed by atoms with Gasteiger partial charge in [-0.15, -0.1) is 0 Å². The Labute approximate surface area is 209 Å². The van der Waals surface area contributed by atoms with E-state index in [1.807, 2.05) is 37.3 Å². The number of ether oxygens (including phenoxy) is 2. The van der Waals surface area contributed by atoms with Crippen LogP contribution in [0.5, 0.6) is 5.75 Å². The van der Waals surface area contributed by atoms with Crippen LogP contribution in [-0.4, -0.2) is 42.0 Å². The second-order valence-electron chi connectivity index (χ2n) is 8.54. The van der Waals surface area contributed by atoms with Gasteiger partial charge < -0.3 is 14.8 Å². The van der Waals surface area contributed by atoms with E-state index < -0.39 is 5.41 Å². The molecule has 1 saturated heterocycles. The van der Waals surface area contributed by atoms with Crippen LogP contribution in [0, 0.1) is 12.3 Å². The van der Waals surface area contributed by atoms with Gasteiger partial charge in [-0.05, 0) is 56.2 Å². The molecule has 35 heavy (non-hydrogen) atoms. The second kappa shape index (κ2) is 11.2. The van der Waals surface area contributed by atoms with Crippen LogP contribution in [-0.2, 0) is 16.1 Å². The molecule has 0 atom stereocenters. The number of hydrogen-bond donors (Lipinski definition) is 3. The molecule has 0 unspecified atom stereocenters. The van der Waals surface area contributed by atoms with Gasteiger partial charge in [-0.3, -0.25) is 25.4 Å². The van der Waals surface area contributed by atoms with E-state index in [1.54, 1.807) is 24.3 Å². The number of nitrogens with zero attached hydrogens (tertiary/aromatic N) is 1. The number of hydrogen-bond acceptors (Lipinski definition) is 6. The Bertz CT molecular complexity index is 1210. The first-order valence-electron chi connectivity index (χ1n) is 11.4. The molecule has 3 aromatic rings. The summed E-state index contributed by atoms with van der Waals surface area (Å²) in [6.07, 6.45) is 1.82. The molecule has 0 aliphatic carbocycles. The number of para-hydroxylation sites is 1. The summed E-state index contributed by atoms with van der Waals surface area (Å²) >= 11 is 5.48. The van der Waals surface area contributed by atoms with Crippen molar-refractivity contribution < 1.29 is 19.1 Å². The normalized spacial score (nSPS) is 14.7. The van der Waals surface area contributed by atoms with Crippen molar-refractivity contribution in [2.24, 2.45) is 5.41 Å². The van der Waals surface area contributed by atoms with Gasteiger partial charge in [0.1, 0.15) is 17.3 Å². The van der Waals surface area contributed by atoms with Crippen LogP contribution in [0.3, 0.4) is 0 Å². The van der Waals surface area contributed by atoms with Crippen molar-refractivity contribution in [3.05, 3.63) is 71.4 Å². The molecule has 0 saturated carbocycles. The Balaban J connectivity index is 1.37. The van der Waals surface area contributed by atoms with E-state index >= 15 is 0 Å². The monoisotopic (exact) mass is 492 g/mol. The topological polar surface area (TPSA) is 102 Å². The van der Waals surface area contributed by atoms with E-state index in [-0.39, 0.29) is 5.91 Å². The summed E-state index contributed by atoms with van der Waals surface area (Å²) in [4.78, 5) is 28.5. The van der Waals surface area contributed by atoms with Gasteiger partial charge in [0.15, 0.2) is 0 Å². The second-order valence-corrected chi connectivity index (χ2v) is 8.95. The zero-order chi connectivity index (χ0) is 24.7. The number of carbonyl (C=O) groups excluding carboxylic acids is 2. The number of aromatic nitrogens is 1. The van der Waals surface area contributed by atoms with Gasteiger partial charge in [-0.25, -0.2) is 0 Å². The number of thiocarbonyl (C=S) groups is 1. The highest BCUT2D eigenvalue weighted by molar-refractivity contribution is 7.80. The van der Waals surface area contributed by atoms with Crippen LogP contribution in [0.4, 0.5) is 0 Å². The van der Waals surface area contributed by atoms with Gasteiger partial charge in [0.25, 0.3) is 5.91 Å². The zero-order valence-corrected chi connectivity index (χ0v) is 20.3. The van der Waals surface area contributed by atoms with Crippen LogP contribution in [0.1, 0.15) is 34.5 Å². The third-order valence-electron chi connectivity index (χ3n) is 6.20. The molecular weight excluding hydrogens is 464 g/mol. The number of amides is 2. The lowest BCUT2D eigenvalue weighted by Crippen LogP contribution is -2.53. The van der Waals surface area contributed by atoms with Gasteiger partial charge in [-0.1, -0.05) is 30.4 Å². The first-order valence-corrected chi connectivity index (χ1v) is 11.9. The van der Waals surface area contributed by atoms with E-state index in [2.05, 4.69) is 21.2 Å². The molecule has 0 radical (unpaired) electrons. The maximum atomic E-state index is 12.8. The molecule has 3 N–H and O–H groups in total. The number of rotatable bonds is 9. The van der Waals surface area contributed by atoms with Gasteiger partial charge in [0.2, 0.25) is 6.41 Å². The molecule has 0 spiro atoms. The number of pyridine rings is 1. The maximum Gasteiger partial charge on any atom is 0.251 e. The molecule has 2 amide bonds. The molecular formula is C26H28N4O4S. The van der Waals surface area contributed by atoms with E-state index in [9.17, 15) is 9.59 Å². The van der Waals surface area contributed by atoms with Crippen molar-refractivity contribution in [2.75, 3.05) is 19.8 Å². The summed E-state index contributed by atoms with van der Waals surface area (Å²) in [6, 6.07) is 17.1. The van der Waals surface area contributed by atoms with E-state index in [1.165, 1.54) is 0 Å². The van der Waals surface area contributed by atoms with Crippen LogP contribution < -0.4 is 20.9 Å². The molecule has 1 aliphatic rings.